The summed E-state index contributed by atoms with van der Waals surface area (Å²) in [7, 11) is 0. The van der Waals surface area contributed by atoms with Crippen molar-refractivity contribution in [3.8, 4) is 18.4 Å². The summed E-state index contributed by atoms with van der Waals surface area (Å²) >= 11 is 0. The second kappa shape index (κ2) is 3.55. The number of nitrogen functional groups attached to an aromatic ring is 1. The molecule has 0 fully saturated rings. The van der Waals surface area contributed by atoms with Crippen LogP contribution in [-0.4, -0.2) is 0 Å². The molecule has 0 amide bonds. The first-order chi connectivity index (χ1) is 6.90. The van der Waals surface area contributed by atoms with Crippen molar-refractivity contribution >= 4 is 5.69 Å². The minimum Gasteiger partial charge on any atom is -0.398 e. The SMILES string of the molecule is C#Cc1cc(N)c(C(F)(F)F)c(C#N)c1. The Balaban J connectivity index is 3.56. The number of benzene rings is 1. The lowest BCUT2D eigenvalue weighted by atomic mass is 10.0. The number of nitrogens with two attached hydrogens (primary N) is 1. The molecule has 0 saturated heterocycles. The zero-order valence-corrected chi connectivity index (χ0v) is 7.39. The Kier molecular flexibility index (Phi) is 2.59. The van der Waals surface area contributed by atoms with Gasteiger partial charge >= 0.3 is 6.18 Å². The van der Waals surface area contributed by atoms with E-state index in [9.17, 15) is 13.2 Å². The third-order valence-electron chi connectivity index (χ3n) is 1.74. The highest BCUT2D eigenvalue weighted by atomic mass is 19.4. The molecular weight excluding hydrogens is 205 g/mol. The molecule has 0 atom stereocenters. The van der Waals surface area contributed by atoms with Crippen LogP contribution in [0.25, 0.3) is 0 Å². The third kappa shape index (κ3) is 2.03. The molecule has 0 aliphatic heterocycles. The Morgan fingerprint density at radius 1 is 1.33 bits per heavy atom. The molecule has 0 bridgehead atoms. The van der Waals surface area contributed by atoms with Crippen molar-refractivity contribution in [2.75, 3.05) is 5.73 Å². The zero-order valence-electron chi connectivity index (χ0n) is 7.39. The van der Waals surface area contributed by atoms with Crippen LogP contribution in [-0.2, 0) is 6.18 Å². The summed E-state index contributed by atoms with van der Waals surface area (Å²) in [5, 5.41) is 8.55. The van der Waals surface area contributed by atoms with E-state index in [1.54, 1.807) is 0 Å². The Hall–Kier alpha value is -2.14. The highest BCUT2D eigenvalue weighted by molar-refractivity contribution is 5.61. The van der Waals surface area contributed by atoms with Crippen LogP contribution >= 0.6 is 0 Å². The van der Waals surface area contributed by atoms with Crippen molar-refractivity contribution in [1.82, 2.24) is 0 Å². The summed E-state index contributed by atoms with van der Waals surface area (Å²) in [4.78, 5) is 0. The van der Waals surface area contributed by atoms with E-state index in [0.717, 1.165) is 12.1 Å². The van der Waals surface area contributed by atoms with Crippen LogP contribution < -0.4 is 5.73 Å². The monoisotopic (exact) mass is 210 g/mol. The quantitative estimate of drug-likeness (QED) is 0.526. The summed E-state index contributed by atoms with van der Waals surface area (Å²) < 4.78 is 37.3. The Labute approximate surface area is 84.1 Å². The molecule has 1 aromatic carbocycles. The molecule has 76 valence electrons. The first-order valence-corrected chi connectivity index (χ1v) is 3.77. The van der Waals surface area contributed by atoms with Crippen LogP contribution in [0.4, 0.5) is 18.9 Å². The van der Waals surface area contributed by atoms with E-state index in [1.165, 1.54) is 6.07 Å². The molecule has 0 radical (unpaired) electrons. The van der Waals surface area contributed by atoms with Gasteiger partial charge in [0.15, 0.2) is 0 Å². The standard InChI is InChI=1S/C10H5F3N2/c1-2-6-3-7(5-14)9(8(15)4-6)10(11,12)13/h1,3-4H,15H2. The molecule has 0 aliphatic carbocycles. The minimum atomic E-state index is -4.65. The van der Waals surface area contributed by atoms with E-state index >= 15 is 0 Å². The van der Waals surface area contributed by atoms with Crippen molar-refractivity contribution in [2.45, 2.75) is 6.18 Å². The molecule has 1 aromatic rings. The first-order valence-electron chi connectivity index (χ1n) is 3.77. The van der Waals surface area contributed by atoms with Gasteiger partial charge in [-0.05, 0) is 12.1 Å². The third-order valence-corrected chi connectivity index (χ3v) is 1.74. The largest absolute Gasteiger partial charge is 0.419 e. The lowest BCUT2D eigenvalue weighted by Gasteiger charge is -2.11. The van der Waals surface area contributed by atoms with Crippen molar-refractivity contribution < 1.29 is 13.2 Å². The maximum absolute atomic E-state index is 12.4. The van der Waals surface area contributed by atoms with Gasteiger partial charge in [-0.1, -0.05) is 5.92 Å². The molecular formula is C10H5F3N2. The van der Waals surface area contributed by atoms with Crippen LogP contribution in [0.2, 0.25) is 0 Å². The topological polar surface area (TPSA) is 49.8 Å². The lowest BCUT2D eigenvalue weighted by molar-refractivity contribution is -0.137. The van der Waals surface area contributed by atoms with Crippen LogP contribution in [0.3, 0.4) is 0 Å². The molecule has 0 aliphatic rings. The molecule has 5 heteroatoms. The van der Waals surface area contributed by atoms with Gasteiger partial charge in [-0.15, -0.1) is 6.42 Å². The molecule has 2 N–H and O–H groups in total. The van der Waals surface area contributed by atoms with Crippen molar-refractivity contribution in [3.05, 3.63) is 28.8 Å². The van der Waals surface area contributed by atoms with Crippen LogP contribution in [0, 0.1) is 23.7 Å². The summed E-state index contributed by atoms with van der Waals surface area (Å²) in [6.07, 6.45) is 0.355. The van der Waals surface area contributed by atoms with Crippen LogP contribution in [0.15, 0.2) is 12.1 Å². The number of hydrogen-bond donors (Lipinski definition) is 1. The first kappa shape index (κ1) is 10.9. The Bertz CT molecular complexity index is 475. The lowest BCUT2D eigenvalue weighted by Crippen LogP contribution is -2.12. The highest BCUT2D eigenvalue weighted by Crippen LogP contribution is 2.36. The van der Waals surface area contributed by atoms with E-state index < -0.39 is 23.0 Å². The highest BCUT2D eigenvalue weighted by Gasteiger charge is 2.36. The second-order valence-corrected chi connectivity index (χ2v) is 2.74. The van der Waals surface area contributed by atoms with E-state index in [2.05, 4.69) is 5.92 Å². The van der Waals surface area contributed by atoms with Gasteiger partial charge in [0.2, 0.25) is 0 Å². The Morgan fingerprint density at radius 2 is 1.93 bits per heavy atom. The molecule has 2 nitrogen and oxygen atoms in total. The fourth-order valence-electron chi connectivity index (χ4n) is 1.15. The van der Waals surface area contributed by atoms with Gasteiger partial charge in [-0.25, -0.2) is 0 Å². The molecule has 0 aromatic heterocycles. The molecule has 0 spiro atoms. The van der Waals surface area contributed by atoms with Crippen molar-refractivity contribution in [3.63, 3.8) is 0 Å². The normalized spacial score (nSPS) is 10.5. The van der Waals surface area contributed by atoms with Gasteiger partial charge in [0.05, 0.1) is 17.2 Å². The van der Waals surface area contributed by atoms with Gasteiger partial charge in [-0.2, -0.15) is 18.4 Å². The molecule has 0 heterocycles. The summed E-state index contributed by atoms with van der Waals surface area (Å²) in [5.74, 6) is 2.12. The minimum absolute atomic E-state index is 0.150. The van der Waals surface area contributed by atoms with Crippen molar-refractivity contribution in [2.24, 2.45) is 0 Å². The number of anilines is 1. The molecule has 1 rings (SSSR count). The number of terminal acetylenes is 1. The maximum Gasteiger partial charge on any atom is 0.419 e. The van der Waals surface area contributed by atoms with E-state index in [4.69, 9.17) is 17.4 Å². The van der Waals surface area contributed by atoms with E-state index in [-0.39, 0.29) is 5.56 Å². The van der Waals surface area contributed by atoms with Gasteiger partial charge in [0.1, 0.15) is 0 Å². The predicted octanol–water partition coefficient (Wildman–Crippen LogP) is 2.14. The fourth-order valence-corrected chi connectivity index (χ4v) is 1.15. The average Bonchev–Trinajstić information content (AvgIpc) is 2.14. The number of hydrogen-bond acceptors (Lipinski definition) is 2. The summed E-state index contributed by atoms with van der Waals surface area (Å²) in [6, 6.07) is 3.42. The van der Waals surface area contributed by atoms with Crippen molar-refractivity contribution in [1.29, 1.82) is 5.26 Å². The van der Waals surface area contributed by atoms with Crippen LogP contribution in [0.5, 0.6) is 0 Å². The summed E-state index contributed by atoms with van der Waals surface area (Å²) in [6.45, 7) is 0. The Morgan fingerprint density at radius 3 is 2.33 bits per heavy atom. The maximum atomic E-state index is 12.4. The number of halogens is 3. The second-order valence-electron chi connectivity index (χ2n) is 2.74. The fraction of sp³-hybridized carbons (Fsp3) is 0.100. The average molecular weight is 210 g/mol. The van der Waals surface area contributed by atoms with Gasteiger partial charge in [-0.3, -0.25) is 0 Å². The van der Waals surface area contributed by atoms with E-state index in [0.29, 0.717) is 0 Å². The van der Waals surface area contributed by atoms with E-state index in [1.807, 2.05) is 0 Å². The smallest absolute Gasteiger partial charge is 0.398 e. The number of nitrogens with zero attached hydrogens (tertiary/aromatic N) is 1. The van der Waals surface area contributed by atoms with Crippen LogP contribution in [0.1, 0.15) is 16.7 Å². The summed E-state index contributed by atoms with van der Waals surface area (Å²) in [5.41, 5.74) is 3.12. The van der Waals surface area contributed by atoms with Gasteiger partial charge in [0, 0.05) is 11.3 Å². The number of rotatable bonds is 0. The molecule has 15 heavy (non-hydrogen) atoms. The van der Waals surface area contributed by atoms with Gasteiger partial charge in [0.25, 0.3) is 0 Å². The number of nitriles is 1. The number of alkyl halides is 3. The molecule has 0 saturated carbocycles. The predicted molar refractivity (Wildman–Crippen MR) is 48.5 cm³/mol. The van der Waals surface area contributed by atoms with Gasteiger partial charge < -0.3 is 5.73 Å². The zero-order chi connectivity index (χ0) is 11.6. The molecule has 0 unspecified atom stereocenters.